The molecule has 0 aliphatic carbocycles. The van der Waals surface area contributed by atoms with Crippen molar-refractivity contribution in [3.8, 4) is 17.2 Å². The largest absolute Gasteiger partial charge is 0.492 e. The number of nitrogens with two attached hydrogens (primary N) is 1. The van der Waals surface area contributed by atoms with Gasteiger partial charge in [-0.05, 0) is 45.7 Å². The number of aliphatic hydroxyl groups excluding tert-OH is 8. The van der Waals surface area contributed by atoms with Crippen LogP contribution < -0.4 is 29.7 Å². The van der Waals surface area contributed by atoms with E-state index in [2.05, 4.69) is 0 Å². The first kappa shape index (κ1) is 51.5. The van der Waals surface area contributed by atoms with Gasteiger partial charge in [-0.2, -0.15) is 0 Å². The standard InChI is InChI=1S/C52H55Cl2N3O15/c53-20-28-22-56(34-18-37(30-5-1-3-7-32(30)43(28)34)69-51-49(66)47(64)45(62)39(24-58)71-51)41(60)13-10-26-9-11-27(36(17-26)68-16-15-55)12-14-42(61)57-23-29(21-54)44-33-8-4-2-6-31(33)38(19-35(44)57)70-52-50(67)48(65)46(63)40(25-59)72-52/h1-14,17-19,28-29,39-40,45-52,58-59,62-67H,15-16,20-25,55H2/b13-10+,14-12+/t28-,29-,39-,40-,45+,46+,47+,48+,49-,50-,51-,52-/m1/s1. The highest BCUT2D eigenvalue weighted by molar-refractivity contribution is 6.20. The van der Waals surface area contributed by atoms with Crippen molar-refractivity contribution < 1.29 is 74.1 Å². The van der Waals surface area contributed by atoms with Crippen molar-refractivity contribution in [2.45, 2.75) is 73.2 Å². The highest BCUT2D eigenvalue weighted by Gasteiger charge is 2.47. The summed E-state index contributed by atoms with van der Waals surface area (Å²) in [5, 5.41) is 85.4. The quantitative estimate of drug-likeness (QED) is 0.0538. The number of rotatable bonds is 15. The minimum Gasteiger partial charge on any atom is -0.492 e. The number of carbonyl (C=O) groups is 2. The summed E-state index contributed by atoms with van der Waals surface area (Å²) in [7, 11) is 0. The lowest BCUT2D eigenvalue weighted by Gasteiger charge is -2.39. The normalized spacial score (nSPS) is 28.3. The minimum atomic E-state index is -1.66. The van der Waals surface area contributed by atoms with E-state index in [1.54, 1.807) is 76.5 Å². The van der Waals surface area contributed by atoms with Crippen molar-refractivity contribution in [3.63, 3.8) is 0 Å². The maximum atomic E-state index is 14.2. The molecule has 0 bridgehead atoms. The fourth-order valence-electron chi connectivity index (χ4n) is 9.86. The molecule has 4 aliphatic rings. The van der Waals surface area contributed by atoms with Gasteiger partial charge in [0.15, 0.2) is 0 Å². The van der Waals surface area contributed by atoms with Crippen molar-refractivity contribution in [2.75, 3.05) is 61.0 Å². The van der Waals surface area contributed by atoms with E-state index in [0.29, 0.717) is 39.0 Å². The summed E-state index contributed by atoms with van der Waals surface area (Å²) in [6.45, 7) is -0.451. The number of benzene rings is 5. The second-order valence-corrected chi connectivity index (χ2v) is 18.7. The lowest BCUT2D eigenvalue weighted by molar-refractivity contribution is -0.277. The Bertz CT molecular complexity index is 2870. The molecule has 0 aromatic heterocycles. The molecule has 20 heteroatoms. The van der Waals surface area contributed by atoms with E-state index in [9.17, 15) is 50.4 Å². The predicted molar refractivity (Wildman–Crippen MR) is 267 cm³/mol. The van der Waals surface area contributed by atoms with Crippen molar-refractivity contribution in [1.82, 2.24) is 0 Å². The summed E-state index contributed by atoms with van der Waals surface area (Å²) in [5.74, 6) is -0.0665. The third-order valence-corrected chi connectivity index (χ3v) is 14.3. The van der Waals surface area contributed by atoms with Crippen LogP contribution in [0.3, 0.4) is 0 Å². The third-order valence-electron chi connectivity index (χ3n) is 13.6. The van der Waals surface area contributed by atoms with Gasteiger partial charge in [-0.3, -0.25) is 9.59 Å². The number of halogens is 2. The number of alkyl halides is 2. The highest BCUT2D eigenvalue weighted by atomic mass is 35.5. The van der Waals surface area contributed by atoms with Crippen LogP contribution in [0, 0.1) is 0 Å². The summed E-state index contributed by atoms with van der Waals surface area (Å²) in [4.78, 5) is 31.5. The Labute approximate surface area is 423 Å². The molecule has 5 aromatic rings. The maximum absolute atomic E-state index is 14.2. The number of fused-ring (bicyclic) bond motifs is 6. The molecule has 72 heavy (non-hydrogen) atoms. The Morgan fingerprint density at radius 3 is 1.51 bits per heavy atom. The number of ether oxygens (including phenoxy) is 5. The summed E-state index contributed by atoms with van der Waals surface area (Å²) >= 11 is 13.0. The average Bonchev–Trinajstić information content (AvgIpc) is 3.98. The van der Waals surface area contributed by atoms with Crippen LogP contribution in [0.15, 0.2) is 91.0 Å². The Kier molecular flexibility index (Phi) is 15.7. The zero-order chi connectivity index (χ0) is 51.0. The molecule has 2 fully saturated rings. The van der Waals surface area contributed by atoms with Gasteiger partial charge in [-0.15, -0.1) is 23.2 Å². The van der Waals surface area contributed by atoms with Crippen LogP contribution in [0.5, 0.6) is 17.2 Å². The minimum absolute atomic E-state index is 0.147. The lowest BCUT2D eigenvalue weighted by atomic mass is 9.95. The van der Waals surface area contributed by atoms with Crippen LogP contribution in [0.2, 0.25) is 0 Å². The fourth-order valence-corrected chi connectivity index (χ4v) is 10.4. The summed E-state index contributed by atoms with van der Waals surface area (Å²) < 4.78 is 29.6. The van der Waals surface area contributed by atoms with Gasteiger partial charge in [0.25, 0.3) is 11.8 Å². The van der Waals surface area contributed by atoms with E-state index in [0.717, 1.165) is 21.9 Å². The van der Waals surface area contributed by atoms with Crippen molar-refractivity contribution in [3.05, 3.63) is 113 Å². The van der Waals surface area contributed by atoms with E-state index < -0.39 is 80.5 Å². The van der Waals surface area contributed by atoms with Gasteiger partial charge in [0, 0.05) is 83.9 Å². The van der Waals surface area contributed by atoms with E-state index in [4.69, 9.17) is 52.6 Å². The van der Waals surface area contributed by atoms with Crippen molar-refractivity contribution >= 4 is 80.1 Å². The second-order valence-electron chi connectivity index (χ2n) is 18.0. The SMILES string of the molecule is NCCOc1cc(/C=C/C(=O)N2C[C@@H](CCl)c3c2cc(O[C@@H]2O[C@H](CO)[C@H](O)[C@H](O)[C@H]2O)c2ccccc32)ccc1/C=C/C(=O)N1C[C@@H](CCl)c2c1cc(O[C@@H]1O[C@H](CO)[C@H](O)[C@H](O)[C@H]1O)c1ccccc21. The molecule has 0 saturated carbocycles. The topological polar surface area (TPSA) is 275 Å². The van der Waals surface area contributed by atoms with Crippen LogP contribution >= 0.6 is 23.2 Å². The zero-order valence-electron chi connectivity index (χ0n) is 38.6. The Morgan fingerprint density at radius 1 is 0.611 bits per heavy atom. The molecule has 0 unspecified atom stereocenters. The molecule has 12 atom stereocenters. The lowest BCUT2D eigenvalue weighted by Crippen LogP contribution is -2.60. The molecular weight excluding hydrogens is 977 g/mol. The van der Waals surface area contributed by atoms with Crippen LogP contribution in [0.4, 0.5) is 11.4 Å². The number of aliphatic hydroxyl groups is 8. The molecule has 382 valence electrons. The van der Waals surface area contributed by atoms with Crippen LogP contribution in [-0.4, -0.2) is 165 Å². The molecule has 4 heterocycles. The predicted octanol–water partition coefficient (Wildman–Crippen LogP) is 2.45. The molecule has 10 N–H and O–H groups in total. The number of hydrogen-bond donors (Lipinski definition) is 9. The molecule has 9 rings (SSSR count). The number of anilines is 2. The first-order valence-electron chi connectivity index (χ1n) is 23.4. The van der Waals surface area contributed by atoms with Gasteiger partial charge in [0.05, 0.1) is 24.6 Å². The van der Waals surface area contributed by atoms with Gasteiger partial charge < -0.3 is 80.1 Å². The molecule has 2 amide bonds. The monoisotopic (exact) mass is 1030 g/mol. The van der Waals surface area contributed by atoms with Crippen LogP contribution in [0.25, 0.3) is 33.7 Å². The number of nitrogens with zero attached hydrogens (tertiary/aromatic N) is 2. The average molecular weight is 1030 g/mol. The summed E-state index contributed by atoms with van der Waals surface area (Å²) in [5.41, 5.74) is 9.60. The summed E-state index contributed by atoms with van der Waals surface area (Å²) in [6, 6.07) is 23.1. The van der Waals surface area contributed by atoms with E-state index in [1.807, 2.05) is 24.3 Å². The molecular formula is C52H55Cl2N3O15. The number of carbonyl (C=O) groups excluding carboxylic acids is 2. The highest BCUT2D eigenvalue weighted by Crippen LogP contribution is 2.48. The van der Waals surface area contributed by atoms with Gasteiger partial charge in [0.1, 0.15) is 72.7 Å². The van der Waals surface area contributed by atoms with Gasteiger partial charge in [-0.25, -0.2) is 0 Å². The molecule has 2 saturated heterocycles. The zero-order valence-corrected chi connectivity index (χ0v) is 40.1. The number of hydrogen-bond acceptors (Lipinski definition) is 16. The van der Waals surface area contributed by atoms with Crippen LogP contribution in [0.1, 0.15) is 34.1 Å². The Hall–Kier alpha value is -5.42. The molecule has 18 nitrogen and oxygen atoms in total. The van der Waals surface area contributed by atoms with Crippen molar-refractivity contribution in [1.29, 1.82) is 0 Å². The smallest absolute Gasteiger partial charge is 0.251 e. The first-order chi connectivity index (χ1) is 34.8. The molecule has 0 radical (unpaired) electrons. The summed E-state index contributed by atoms with van der Waals surface area (Å²) in [6.07, 6.45) is -9.08. The van der Waals surface area contributed by atoms with Crippen molar-refractivity contribution in [2.24, 2.45) is 5.73 Å². The fraction of sp³-hybridized carbons (Fsp3) is 0.385. The van der Waals surface area contributed by atoms with E-state index >= 15 is 0 Å². The second kappa shape index (κ2) is 22.0. The maximum Gasteiger partial charge on any atom is 0.251 e. The first-order valence-corrected chi connectivity index (χ1v) is 24.5. The van der Waals surface area contributed by atoms with E-state index in [1.165, 1.54) is 12.2 Å². The Morgan fingerprint density at radius 2 is 1.07 bits per heavy atom. The molecule has 4 aliphatic heterocycles. The van der Waals surface area contributed by atoms with Crippen LogP contribution in [-0.2, 0) is 19.1 Å². The van der Waals surface area contributed by atoms with Gasteiger partial charge >= 0.3 is 0 Å². The molecule has 0 spiro atoms. The molecule has 5 aromatic carbocycles. The third kappa shape index (κ3) is 9.76. The van der Waals surface area contributed by atoms with E-state index in [-0.39, 0.29) is 67.2 Å². The van der Waals surface area contributed by atoms with Gasteiger partial charge in [0.2, 0.25) is 12.6 Å². The Balaban J connectivity index is 0.965. The number of amides is 2. The van der Waals surface area contributed by atoms with Gasteiger partial charge in [-0.1, -0.05) is 60.7 Å².